The second-order valence-electron chi connectivity index (χ2n) is 7.98. The van der Waals surface area contributed by atoms with Crippen LogP contribution in [0.5, 0.6) is 0 Å². The van der Waals surface area contributed by atoms with Gasteiger partial charge < -0.3 is 4.90 Å². The van der Waals surface area contributed by atoms with Gasteiger partial charge in [0.25, 0.3) is 11.6 Å². The number of hydrogen-bond donors (Lipinski definition) is 0. The van der Waals surface area contributed by atoms with Crippen LogP contribution in [0.3, 0.4) is 0 Å². The second-order valence-corrected chi connectivity index (χ2v) is 10.8. The molecule has 1 saturated heterocycles. The Morgan fingerprint density at radius 1 is 1.00 bits per heavy atom. The maximum atomic E-state index is 13.2. The van der Waals surface area contributed by atoms with E-state index in [0.717, 1.165) is 31.2 Å². The number of fused-ring (bicyclic) bond motifs is 1. The van der Waals surface area contributed by atoms with Gasteiger partial charge in [-0.25, -0.2) is 8.42 Å². The van der Waals surface area contributed by atoms with Gasteiger partial charge in [-0.3, -0.25) is 14.9 Å². The lowest BCUT2D eigenvalue weighted by Gasteiger charge is -2.34. The van der Waals surface area contributed by atoms with Crippen molar-refractivity contribution >= 4 is 33.4 Å². The Labute approximate surface area is 191 Å². The van der Waals surface area contributed by atoms with E-state index in [0.29, 0.717) is 9.79 Å². The molecule has 0 saturated carbocycles. The molecule has 0 unspecified atom stereocenters. The van der Waals surface area contributed by atoms with Gasteiger partial charge in [-0.05, 0) is 67.3 Å². The van der Waals surface area contributed by atoms with Gasteiger partial charge in [0.05, 0.1) is 14.7 Å². The normalized spacial score (nSPS) is 17.1. The molecule has 1 aliphatic heterocycles. The molecule has 8 nitrogen and oxygen atoms in total. The number of nitro benzene ring substituents is 1. The van der Waals surface area contributed by atoms with Gasteiger partial charge in [-0.2, -0.15) is 4.31 Å². The molecule has 0 N–H and O–H groups in total. The van der Waals surface area contributed by atoms with Crippen molar-refractivity contribution in [1.29, 1.82) is 0 Å². The molecule has 2 aromatic carbocycles. The summed E-state index contributed by atoms with van der Waals surface area (Å²) in [6.07, 6.45) is 5.85. The minimum atomic E-state index is -3.63. The summed E-state index contributed by atoms with van der Waals surface area (Å²) in [5, 5.41) is 11.3. The van der Waals surface area contributed by atoms with E-state index in [9.17, 15) is 23.3 Å². The topological polar surface area (TPSA) is 101 Å². The number of hydrogen-bond acceptors (Lipinski definition) is 6. The molecule has 0 atom stereocenters. The molecular weight excluding hydrogens is 450 g/mol. The maximum Gasteiger partial charge on any atom is 0.283 e. The molecular formula is C22H25N3O5S2. The molecule has 2 aliphatic rings. The Morgan fingerprint density at radius 2 is 1.69 bits per heavy atom. The van der Waals surface area contributed by atoms with Crippen molar-refractivity contribution < 1.29 is 18.1 Å². The Bertz CT molecular complexity index is 1160. The van der Waals surface area contributed by atoms with Crippen LogP contribution in [0.15, 0.2) is 46.2 Å². The number of aryl methyl sites for hydroxylation is 2. The summed E-state index contributed by atoms with van der Waals surface area (Å²) in [6, 6.07) is 9.86. The van der Waals surface area contributed by atoms with E-state index >= 15 is 0 Å². The number of carbonyl (C=O) groups is 1. The average molecular weight is 476 g/mol. The average Bonchev–Trinajstić information content (AvgIpc) is 2.82. The predicted molar refractivity (Wildman–Crippen MR) is 123 cm³/mol. The molecule has 1 fully saturated rings. The number of piperazine rings is 1. The summed E-state index contributed by atoms with van der Waals surface area (Å²) in [7, 11) is -3.63. The fourth-order valence-corrected chi connectivity index (χ4v) is 6.32. The Kier molecular flexibility index (Phi) is 6.55. The van der Waals surface area contributed by atoms with E-state index < -0.39 is 14.9 Å². The molecule has 10 heteroatoms. The zero-order valence-electron chi connectivity index (χ0n) is 17.8. The van der Waals surface area contributed by atoms with E-state index in [-0.39, 0.29) is 43.3 Å². The number of sulfonamides is 1. The highest BCUT2D eigenvalue weighted by Gasteiger charge is 2.31. The molecule has 1 aliphatic carbocycles. The summed E-state index contributed by atoms with van der Waals surface area (Å²) < 4.78 is 27.7. The van der Waals surface area contributed by atoms with Gasteiger partial charge >= 0.3 is 0 Å². The molecule has 0 bridgehead atoms. The van der Waals surface area contributed by atoms with Gasteiger partial charge in [-0.15, -0.1) is 11.8 Å². The lowest BCUT2D eigenvalue weighted by molar-refractivity contribution is -0.387. The van der Waals surface area contributed by atoms with Crippen LogP contribution in [0.1, 0.15) is 34.3 Å². The van der Waals surface area contributed by atoms with E-state index in [1.807, 2.05) is 6.07 Å². The monoisotopic (exact) mass is 475 g/mol. The minimum absolute atomic E-state index is 0.100. The van der Waals surface area contributed by atoms with Gasteiger partial charge in [0.15, 0.2) is 0 Å². The zero-order chi connectivity index (χ0) is 22.9. The fraction of sp³-hybridized carbons (Fsp3) is 0.409. The van der Waals surface area contributed by atoms with E-state index in [4.69, 9.17) is 0 Å². The summed E-state index contributed by atoms with van der Waals surface area (Å²) in [5.41, 5.74) is 2.48. The lowest BCUT2D eigenvalue weighted by atomic mass is 9.92. The number of rotatable bonds is 5. The van der Waals surface area contributed by atoms with E-state index in [1.165, 1.54) is 27.7 Å². The zero-order valence-corrected chi connectivity index (χ0v) is 19.5. The van der Waals surface area contributed by atoms with Gasteiger partial charge in [0, 0.05) is 37.8 Å². The van der Waals surface area contributed by atoms with Gasteiger partial charge in [-0.1, -0.05) is 6.07 Å². The summed E-state index contributed by atoms with van der Waals surface area (Å²) >= 11 is 1.25. The molecule has 32 heavy (non-hydrogen) atoms. The third kappa shape index (κ3) is 4.39. The Morgan fingerprint density at radius 3 is 2.34 bits per heavy atom. The largest absolute Gasteiger partial charge is 0.336 e. The number of amides is 1. The molecule has 0 radical (unpaired) electrons. The summed E-state index contributed by atoms with van der Waals surface area (Å²) in [5.74, 6) is -0.327. The molecule has 2 aromatic rings. The van der Waals surface area contributed by atoms with Gasteiger partial charge in [0.1, 0.15) is 0 Å². The van der Waals surface area contributed by atoms with Crippen LogP contribution in [0, 0.1) is 10.1 Å². The van der Waals surface area contributed by atoms with Crippen LogP contribution >= 0.6 is 11.8 Å². The molecule has 0 aromatic heterocycles. The smallest absolute Gasteiger partial charge is 0.283 e. The van der Waals surface area contributed by atoms with Gasteiger partial charge in [0.2, 0.25) is 10.0 Å². The van der Waals surface area contributed by atoms with Crippen molar-refractivity contribution in [1.82, 2.24) is 9.21 Å². The summed E-state index contributed by atoms with van der Waals surface area (Å²) in [4.78, 5) is 26.1. The van der Waals surface area contributed by atoms with Crippen molar-refractivity contribution in [3.8, 4) is 0 Å². The minimum Gasteiger partial charge on any atom is -0.336 e. The van der Waals surface area contributed by atoms with E-state index in [1.54, 1.807) is 35.4 Å². The van der Waals surface area contributed by atoms with Crippen LogP contribution < -0.4 is 0 Å². The molecule has 1 amide bonds. The molecule has 0 spiro atoms. The number of thioether (sulfide) groups is 1. The second kappa shape index (κ2) is 9.21. The molecule has 1 heterocycles. The van der Waals surface area contributed by atoms with E-state index in [2.05, 4.69) is 0 Å². The SMILES string of the molecule is CSc1ccc(C(=O)N2CCN(S(=O)(=O)c3ccc4c(c3)CCCC4)CC2)cc1[N+](=O)[O-]. The third-order valence-electron chi connectivity index (χ3n) is 6.11. The van der Waals surface area contributed by atoms with Crippen molar-refractivity contribution in [3.63, 3.8) is 0 Å². The van der Waals surface area contributed by atoms with Crippen molar-refractivity contribution in [2.75, 3.05) is 32.4 Å². The first kappa shape index (κ1) is 22.8. The first-order chi connectivity index (χ1) is 15.3. The third-order valence-corrected chi connectivity index (χ3v) is 8.79. The van der Waals surface area contributed by atoms with Crippen LogP contribution in [-0.4, -0.2) is 60.9 Å². The molecule has 4 rings (SSSR count). The van der Waals surface area contributed by atoms with Crippen LogP contribution in [0.2, 0.25) is 0 Å². The van der Waals surface area contributed by atoms with Crippen LogP contribution in [0.4, 0.5) is 5.69 Å². The van der Waals surface area contributed by atoms with Crippen molar-refractivity contribution in [3.05, 3.63) is 63.2 Å². The molecule has 170 valence electrons. The number of nitrogens with zero attached hydrogens (tertiary/aromatic N) is 3. The highest BCUT2D eigenvalue weighted by Crippen LogP contribution is 2.29. The van der Waals surface area contributed by atoms with Crippen LogP contribution in [0.25, 0.3) is 0 Å². The quantitative estimate of drug-likeness (QED) is 0.373. The Hall–Kier alpha value is -2.43. The lowest BCUT2D eigenvalue weighted by Crippen LogP contribution is -2.50. The summed E-state index contributed by atoms with van der Waals surface area (Å²) in [6.45, 7) is 0.856. The number of nitro groups is 1. The first-order valence-corrected chi connectivity index (χ1v) is 13.2. The first-order valence-electron chi connectivity index (χ1n) is 10.5. The predicted octanol–water partition coefficient (Wildman–Crippen LogP) is 3.34. The van der Waals surface area contributed by atoms with Crippen LogP contribution in [-0.2, 0) is 22.9 Å². The maximum absolute atomic E-state index is 13.2. The number of benzene rings is 2. The standard InChI is InChI=1S/C22H25N3O5S2/c1-31-21-9-7-18(15-20(21)25(27)28)22(26)23-10-12-24(13-11-23)32(29,30)19-8-6-16-4-2-3-5-17(16)14-19/h6-9,14-15H,2-5,10-13H2,1H3. The van der Waals surface area contributed by atoms with Crippen molar-refractivity contribution in [2.45, 2.75) is 35.5 Å². The fourth-order valence-electron chi connectivity index (χ4n) is 4.30. The Balaban J connectivity index is 1.46. The number of carbonyl (C=O) groups excluding carboxylic acids is 1. The highest BCUT2D eigenvalue weighted by molar-refractivity contribution is 7.98. The highest BCUT2D eigenvalue weighted by atomic mass is 32.2. The van der Waals surface area contributed by atoms with Crippen molar-refractivity contribution in [2.24, 2.45) is 0 Å².